The summed E-state index contributed by atoms with van der Waals surface area (Å²) in [6.45, 7) is 8.99. The van der Waals surface area contributed by atoms with Crippen LogP contribution in [0, 0.1) is 10.8 Å². The molecule has 40 heavy (non-hydrogen) atoms. The minimum absolute atomic E-state index is 0.125. The lowest BCUT2D eigenvalue weighted by molar-refractivity contribution is -0.119. The number of halogens is 1. The van der Waals surface area contributed by atoms with Crippen LogP contribution in [0.25, 0.3) is 10.8 Å². The Labute approximate surface area is 241 Å². The van der Waals surface area contributed by atoms with Crippen molar-refractivity contribution in [2.75, 3.05) is 7.05 Å². The van der Waals surface area contributed by atoms with E-state index in [-0.39, 0.29) is 22.4 Å². The van der Waals surface area contributed by atoms with Gasteiger partial charge in [-0.1, -0.05) is 87.8 Å². The molecular formula is C35H36ClNO3. The molecule has 206 valence electrons. The van der Waals surface area contributed by atoms with Gasteiger partial charge in [-0.2, -0.15) is 0 Å². The molecule has 3 aliphatic rings. The van der Waals surface area contributed by atoms with Crippen LogP contribution >= 0.6 is 11.6 Å². The van der Waals surface area contributed by atoms with Gasteiger partial charge >= 0.3 is 0 Å². The minimum atomic E-state index is -0.405. The van der Waals surface area contributed by atoms with E-state index in [2.05, 4.69) is 56.9 Å². The van der Waals surface area contributed by atoms with Gasteiger partial charge in [0.15, 0.2) is 11.6 Å². The molecule has 0 unspecified atom stereocenters. The molecule has 0 amide bonds. The number of nitrogens with zero attached hydrogens (tertiary/aromatic N) is 1. The van der Waals surface area contributed by atoms with Gasteiger partial charge in [-0.25, -0.2) is 0 Å². The Morgan fingerprint density at radius 1 is 0.825 bits per heavy atom. The van der Waals surface area contributed by atoms with Crippen LogP contribution in [0.5, 0.6) is 5.75 Å². The molecule has 0 N–H and O–H groups in total. The van der Waals surface area contributed by atoms with Crippen molar-refractivity contribution in [3.05, 3.63) is 99.4 Å². The lowest BCUT2D eigenvalue weighted by Gasteiger charge is -2.47. The number of benzene rings is 3. The van der Waals surface area contributed by atoms with Gasteiger partial charge in [-0.05, 0) is 57.7 Å². The summed E-state index contributed by atoms with van der Waals surface area (Å²) >= 11 is 6.84. The first-order valence-corrected chi connectivity index (χ1v) is 14.5. The number of hydrogen-bond donors (Lipinski definition) is 0. The number of ketones is 2. The number of allylic oxidation sites excluding steroid dienone is 4. The number of hydrogen-bond acceptors (Lipinski definition) is 4. The maximum atomic E-state index is 13.7. The highest BCUT2D eigenvalue weighted by molar-refractivity contribution is 6.32. The standard InChI is InChI=1S/C35H36ClNO3/c1-34(2)16-26-32(28(38)18-34)31(33-27(37(26)5)17-35(3,4)19-29(33)39)22-13-14-30(25(36)15-22)40-20-23-11-8-10-21-9-6-7-12-24(21)23/h6-15,31H,16-20H2,1-5H3. The largest absolute Gasteiger partial charge is 0.487 e. The number of carbonyl (C=O) groups is 2. The summed E-state index contributed by atoms with van der Waals surface area (Å²) in [5.41, 5.74) is 5.31. The predicted molar refractivity (Wildman–Crippen MR) is 160 cm³/mol. The molecular weight excluding hydrogens is 518 g/mol. The number of ether oxygens (including phenoxy) is 1. The second-order valence-electron chi connectivity index (χ2n) is 13.2. The second kappa shape index (κ2) is 9.62. The maximum Gasteiger partial charge on any atom is 0.162 e. The molecule has 1 heterocycles. The molecule has 3 aromatic carbocycles. The number of carbonyl (C=O) groups excluding carboxylic acids is 2. The van der Waals surface area contributed by atoms with E-state index in [4.69, 9.17) is 16.3 Å². The first-order valence-electron chi connectivity index (χ1n) is 14.1. The summed E-state index contributed by atoms with van der Waals surface area (Å²) in [4.78, 5) is 29.6. The van der Waals surface area contributed by atoms with E-state index in [9.17, 15) is 9.59 Å². The van der Waals surface area contributed by atoms with Crippen LogP contribution < -0.4 is 4.74 Å². The fraction of sp³-hybridized carbons (Fsp3) is 0.371. The third-order valence-electron chi connectivity index (χ3n) is 8.73. The van der Waals surface area contributed by atoms with Crippen LogP contribution in [0.15, 0.2) is 83.2 Å². The second-order valence-corrected chi connectivity index (χ2v) is 13.6. The van der Waals surface area contributed by atoms with E-state index in [1.54, 1.807) is 0 Å². The van der Waals surface area contributed by atoms with Crippen LogP contribution in [-0.2, 0) is 16.2 Å². The van der Waals surface area contributed by atoms with Crippen molar-refractivity contribution in [1.82, 2.24) is 4.90 Å². The third-order valence-corrected chi connectivity index (χ3v) is 9.03. The van der Waals surface area contributed by atoms with E-state index in [1.165, 1.54) is 5.39 Å². The molecule has 2 aliphatic carbocycles. The highest BCUT2D eigenvalue weighted by atomic mass is 35.5. The molecule has 1 aliphatic heterocycles. The molecule has 6 rings (SSSR count). The van der Waals surface area contributed by atoms with Crippen molar-refractivity contribution in [1.29, 1.82) is 0 Å². The summed E-state index contributed by atoms with van der Waals surface area (Å²) < 4.78 is 6.20. The Hall–Kier alpha value is -3.37. The van der Waals surface area contributed by atoms with E-state index in [1.807, 2.05) is 43.4 Å². The quantitative estimate of drug-likeness (QED) is 0.325. The Bertz CT molecular complexity index is 1570. The Morgan fingerprint density at radius 2 is 1.43 bits per heavy atom. The van der Waals surface area contributed by atoms with E-state index < -0.39 is 5.92 Å². The van der Waals surface area contributed by atoms with E-state index in [0.29, 0.717) is 30.2 Å². The molecule has 0 atom stereocenters. The smallest absolute Gasteiger partial charge is 0.162 e. The Kier molecular flexibility index (Phi) is 6.46. The molecule has 0 aromatic heterocycles. The van der Waals surface area contributed by atoms with Crippen molar-refractivity contribution in [2.24, 2.45) is 10.8 Å². The topological polar surface area (TPSA) is 46.6 Å². The SMILES string of the molecule is CN1C2=C(C(=O)CC(C)(C)C2)C(c2ccc(OCc3cccc4ccccc34)c(Cl)c2)C2=C1CC(C)(C)CC2=O. The Morgan fingerprint density at radius 3 is 2.05 bits per heavy atom. The highest BCUT2D eigenvalue weighted by Crippen LogP contribution is 2.54. The van der Waals surface area contributed by atoms with Gasteiger partial charge in [0.2, 0.25) is 0 Å². The average Bonchev–Trinajstić information content (AvgIpc) is 2.88. The normalized spacial score (nSPS) is 20.6. The zero-order valence-electron chi connectivity index (χ0n) is 23.9. The number of fused-ring (bicyclic) bond motifs is 1. The van der Waals surface area contributed by atoms with Crippen molar-refractivity contribution in [2.45, 2.75) is 65.9 Å². The van der Waals surface area contributed by atoms with Gasteiger partial charge in [0.25, 0.3) is 0 Å². The summed E-state index contributed by atoms with van der Waals surface area (Å²) in [6, 6.07) is 20.2. The molecule has 3 aromatic rings. The fourth-order valence-corrected chi connectivity index (χ4v) is 7.13. The van der Waals surface area contributed by atoms with E-state index in [0.717, 1.165) is 51.9 Å². The summed E-state index contributed by atoms with van der Waals surface area (Å²) in [5.74, 6) is 0.430. The first-order chi connectivity index (χ1) is 18.9. The zero-order chi connectivity index (χ0) is 28.4. The van der Waals surface area contributed by atoms with E-state index >= 15 is 0 Å². The van der Waals surface area contributed by atoms with Gasteiger partial charge in [0.1, 0.15) is 12.4 Å². The van der Waals surface area contributed by atoms with Crippen molar-refractivity contribution in [3.63, 3.8) is 0 Å². The van der Waals surface area contributed by atoms with Crippen LogP contribution in [0.3, 0.4) is 0 Å². The minimum Gasteiger partial charge on any atom is -0.487 e. The fourth-order valence-electron chi connectivity index (χ4n) is 6.89. The molecule has 0 radical (unpaired) electrons. The van der Waals surface area contributed by atoms with Crippen LogP contribution in [0.4, 0.5) is 0 Å². The molecule has 0 spiro atoms. The number of Topliss-reactive ketones (excluding diaryl/α,β-unsaturated/α-hetero) is 2. The predicted octanol–water partition coefficient (Wildman–Crippen LogP) is 8.39. The first kappa shape index (κ1) is 26.8. The average molecular weight is 554 g/mol. The van der Waals surface area contributed by atoms with Crippen molar-refractivity contribution >= 4 is 33.9 Å². The van der Waals surface area contributed by atoms with Gasteiger partial charge in [0, 0.05) is 48.3 Å². The Balaban J connectivity index is 1.39. The van der Waals surface area contributed by atoms with Crippen molar-refractivity contribution in [3.8, 4) is 5.75 Å². The maximum absolute atomic E-state index is 13.7. The molecule has 0 bridgehead atoms. The monoisotopic (exact) mass is 553 g/mol. The molecule has 5 heteroatoms. The van der Waals surface area contributed by atoms with Crippen LogP contribution in [0.2, 0.25) is 5.02 Å². The third kappa shape index (κ3) is 4.66. The number of rotatable bonds is 4. The van der Waals surface area contributed by atoms with Crippen molar-refractivity contribution < 1.29 is 14.3 Å². The summed E-state index contributed by atoms with van der Waals surface area (Å²) in [7, 11) is 2.03. The van der Waals surface area contributed by atoms with Gasteiger partial charge in [-0.15, -0.1) is 0 Å². The van der Waals surface area contributed by atoms with Crippen LogP contribution in [0.1, 0.15) is 70.4 Å². The molecule has 0 fully saturated rings. The zero-order valence-corrected chi connectivity index (χ0v) is 24.7. The lowest BCUT2D eigenvalue weighted by Crippen LogP contribution is -2.43. The molecule has 0 saturated carbocycles. The highest BCUT2D eigenvalue weighted by Gasteiger charge is 2.48. The van der Waals surface area contributed by atoms with Crippen LogP contribution in [-0.4, -0.2) is 23.5 Å². The summed E-state index contributed by atoms with van der Waals surface area (Å²) in [6.07, 6.45) is 2.54. The van der Waals surface area contributed by atoms with Gasteiger partial charge in [-0.3, -0.25) is 9.59 Å². The lowest BCUT2D eigenvalue weighted by atomic mass is 9.64. The summed E-state index contributed by atoms with van der Waals surface area (Å²) in [5, 5.41) is 2.80. The van der Waals surface area contributed by atoms with Gasteiger partial charge in [0.05, 0.1) is 5.02 Å². The molecule has 4 nitrogen and oxygen atoms in total. The molecule has 0 saturated heterocycles. The van der Waals surface area contributed by atoms with Gasteiger partial charge < -0.3 is 9.64 Å².